The second kappa shape index (κ2) is 7.90. The number of methoxy groups -OCH3 is 1. The van der Waals surface area contributed by atoms with E-state index in [-0.39, 0.29) is 11.9 Å². The lowest BCUT2D eigenvalue weighted by molar-refractivity contribution is 0.0533. The van der Waals surface area contributed by atoms with E-state index < -0.39 is 0 Å². The topological polar surface area (TPSA) is 119 Å². The van der Waals surface area contributed by atoms with Crippen molar-refractivity contribution in [2.45, 2.75) is 51.5 Å². The van der Waals surface area contributed by atoms with Crippen molar-refractivity contribution in [3.63, 3.8) is 0 Å². The molecule has 1 aliphatic carbocycles. The molecule has 0 aromatic carbocycles. The second-order valence-electron chi connectivity index (χ2n) is 8.33. The van der Waals surface area contributed by atoms with E-state index in [1.165, 1.54) is 12.8 Å². The van der Waals surface area contributed by atoms with E-state index in [9.17, 15) is 4.79 Å². The van der Waals surface area contributed by atoms with Crippen molar-refractivity contribution in [2.75, 3.05) is 19.5 Å². The van der Waals surface area contributed by atoms with Gasteiger partial charge in [-0.1, -0.05) is 0 Å². The Bertz CT molecular complexity index is 1120. The average Bonchev–Trinajstić information content (AvgIpc) is 3.33. The van der Waals surface area contributed by atoms with Gasteiger partial charge in [0.1, 0.15) is 11.5 Å². The Morgan fingerprint density at radius 3 is 2.84 bits per heavy atom. The molecule has 31 heavy (non-hydrogen) atoms. The lowest BCUT2D eigenvalue weighted by atomic mass is 10.1. The minimum Gasteiger partial charge on any atom is -0.383 e. The molecule has 3 aromatic rings. The summed E-state index contributed by atoms with van der Waals surface area (Å²) in [7, 11) is 1.63. The molecule has 3 N–H and O–H groups in total. The highest BCUT2D eigenvalue weighted by Crippen LogP contribution is 2.38. The molecule has 0 saturated heterocycles. The summed E-state index contributed by atoms with van der Waals surface area (Å²) in [4.78, 5) is 32.0. The van der Waals surface area contributed by atoms with Crippen LogP contribution in [0.2, 0.25) is 0 Å². The number of nitrogens with zero attached hydrogens (tertiary/aromatic N) is 4. The number of aromatic amines is 1. The fourth-order valence-corrected chi connectivity index (χ4v) is 4.08. The molecule has 1 atom stereocenters. The van der Waals surface area contributed by atoms with Gasteiger partial charge in [0.15, 0.2) is 0 Å². The molecule has 1 amide bonds. The van der Waals surface area contributed by atoms with Crippen molar-refractivity contribution in [1.82, 2.24) is 24.8 Å². The van der Waals surface area contributed by atoms with E-state index in [2.05, 4.69) is 19.9 Å². The highest BCUT2D eigenvalue weighted by molar-refractivity contribution is 5.98. The first-order valence-corrected chi connectivity index (χ1v) is 10.5. The van der Waals surface area contributed by atoms with Crippen LogP contribution in [0.15, 0.2) is 18.5 Å². The van der Waals surface area contributed by atoms with Crippen LogP contribution in [0.3, 0.4) is 0 Å². The largest absolute Gasteiger partial charge is 0.383 e. The third-order valence-corrected chi connectivity index (χ3v) is 5.99. The molecule has 0 spiro atoms. The molecule has 1 aliphatic heterocycles. The molecule has 162 valence electrons. The third kappa shape index (κ3) is 3.75. The van der Waals surface area contributed by atoms with Crippen LogP contribution in [0, 0.1) is 0 Å². The van der Waals surface area contributed by atoms with E-state index in [0.29, 0.717) is 49.3 Å². The van der Waals surface area contributed by atoms with Crippen LogP contribution in [-0.4, -0.2) is 50.5 Å². The molecule has 3 aromatic heterocycles. The molecular formula is C22H26N6O3. The Kier molecular flexibility index (Phi) is 5.07. The van der Waals surface area contributed by atoms with Crippen LogP contribution in [0.25, 0.3) is 11.0 Å². The fourth-order valence-electron chi connectivity index (χ4n) is 4.08. The number of amides is 1. The average molecular weight is 422 g/mol. The number of hydrogen-bond acceptors (Lipinski definition) is 7. The van der Waals surface area contributed by atoms with Gasteiger partial charge in [-0.25, -0.2) is 4.98 Å². The second-order valence-corrected chi connectivity index (χ2v) is 8.33. The molecule has 9 nitrogen and oxygen atoms in total. The van der Waals surface area contributed by atoms with Crippen LogP contribution < -0.4 is 5.73 Å². The molecule has 0 radical (unpaired) electrons. The minimum atomic E-state index is -0.152. The number of carbonyl (C=O) groups is 1. The number of nitrogen functional groups attached to an aromatic ring is 1. The minimum absolute atomic E-state index is 0.151. The van der Waals surface area contributed by atoms with E-state index in [1.54, 1.807) is 24.3 Å². The molecule has 0 unspecified atom stereocenters. The molecule has 5 rings (SSSR count). The Morgan fingerprint density at radius 1 is 1.32 bits per heavy atom. The maximum Gasteiger partial charge on any atom is 0.271 e. The van der Waals surface area contributed by atoms with E-state index in [4.69, 9.17) is 15.2 Å². The van der Waals surface area contributed by atoms with Gasteiger partial charge in [-0.05, 0) is 25.8 Å². The quantitative estimate of drug-likeness (QED) is 0.600. The standard InChI is InChI=1S/C22H26N6O3/c1-12(9-30-2)28(8-14-6-25-19(7-24-14)13-3-4-13)22(29)18-5-17-20(26-18)15-10-31-11-16(15)21(23)27-17/h5-7,12-13,26H,3-4,8-11H2,1-2H3,(H2,23,27)/t12-/m1/s1. The number of ether oxygens (including phenoxy) is 2. The zero-order valence-corrected chi connectivity index (χ0v) is 17.7. The predicted molar refractivity (Wildman–Crippen MR) is 114 cm³/mol. The summed E-state index contributed by atoms with van der Waals surface area (Å²) >= 11 is 0. The summed E-state index contributed by atoms with van der Waals surface area (Å²) in [5.74, 6) is 0.846. The molecule has 9 heteroatoms. The van der Waals surface area contributed by atoms with Gasteiger partial charge in [0.05, 0.1) is 61.0 Å². The maximum atomic E-state index is 13.5. The number of aromatic nitrogens is 4. The smallest absolute Gasteiger partial charge is 0.271 e. The first-order chi connectivity index (χ1) is 15.0. The SMILES string of the molecule is COC[C@@H](C)N(Cc1cnc(C2CC2)cn1)C(=O)c1cc2nc(N)c3c(c2[nH]1)COC3. The van der Waals surface area contributed by atoms with Gasteiger partial charge in [-0.15, -0.1) is 0 Å². The van der Waals surface area contributed by atoms with Gasteiger partial charge >= 0.3 is 0 Å². The van der Waals surface area contributed by atoms with Gasteiger partial charge in [-0.3, -0.25) is 14.8 Å². The molecular weight excluding hydrogens is 396 g/mol. The Balaban J connectivity index is 1.45. The van der Waals surface area contributed by atoms with Crippen LogP contribution in [0.1, 0.15) is 58.7 Å². The number of nitrogens with one attached hydrogen (secondary N) is 1. The lowest BCUT2D eigenvalue weighted by Crippen LogP contribution is -2.41. The third-order valence-electron chi connectivity index (χ3n) is 5.99. The molecule has 1 fully saturated rings. The Labute approximate surface area is 180 Å². The zero-order valence-electron chi connectivity index (χ0n) is 17.7. The summed E-state index contributed by atoms with van der Waals surface area (Å²) in [5.41, 5.74) is 11.6. The predicted octanol–water partition coefficient (Wildman–Crippen LogP) is 2.52. The van der Waals surface area contributed by atoms with Gasteiger partial charge in [0, 0.05) is 30.4 Å². The van der Waals surface area contributed by atoms with Crippen molar-refractivity contribution in [1.29, 1.82) is 0 Å². The summed E-state index contributed by atoms with van der Waals surface area (Å²) < 4.78 is 10.9. The van der Waals surface area contributed by atoms with Crippen molar-refractivity contribution in [3.05, 3.63) is 46.7 Å². The van der Waals surface area contributed by atoms with E-state index in [0.717, 1.165) is 28.0 Å². The number of fused-ring (bicyclic) bond motifs is 3. The first-order valence-electron chi connectivity index (χ1n) is 10.5. The van der Waals surface area contributed by atoms with E-state index in [1.807, 2.05) is 13.1 Å². The monoisotopic (exact) mass is 422 g/mol. The van der Waals surface area contributed by atoms with E-state index >= 15 is 0 Å². The summed E-state index contributed by atoms with van der Waals surface area (Å²) in [5, 5.41) is 0. The van der Waals surface area contributed by atoms with Gasteiger partial charge < -0.3 is 25.1 Å². The highest BCUT2D eigenvalue weighted by Gasteiger charge is 2.28. The lowest BCUT2D eigenvalue weighted by Gasteiger charge is -2.28. The van der Waals surface area contributed by atoms with Gasteiger partial charge in [0.25, 0.3) is 5.91 Å². The summed E-state index contributed by atoms with van der Waals surface area (Å²) in [6, 6.07) is 1.60. The maximum absolute atomic E-state index is 13.5. The number of hydrogen-bond donors (Lipinski definition) is 2. The van der Waals surface area contributed by atoms with Crippen molar-refractivity contribution >= 4 is 22.8 Å². The number of nitrogens with two attached hydrogens (primary N) is 1. The van der Waals surface area contributed by atoms with Crippen LogP contribution in [0.5, 0.6) is 0 Å². The molecule has 1 saturated carbocycles. The summed E-state index contributed by atoms with van der Waals surface area (Å²) in [6.07, 6.45) is 5.95. The Hall–Kier alpha value is -3.04. The first kappa shape index (κ1) is 19.9. The van der Waals surface area contributed by atoms with Crippen molar-refractivity contribution in [3.8, 4) is 0 Å². The van der Waals surface area contributed by atoms with Gasteiger partial charge in [-0.2, -0.15) is 0 Å². The number of anilines is 1. The molecule has 0 bridgehead atoms. The van der Waals surface area contributed by atoms with Gasteiger partial charge in [0.2, 0.25) is 0 Å². The number of pyridine rings is 1. The van der Waals surface area contributed by atoms with Crippen LogP contribution in [-0.2, 0) is 29.2 Å². The normalized spacial score (nSPS) is 16.5. The highest BCUT2D eigenvalue weighted by atomic mass is 16.5. The zero-order chi connectivity index (χ0) is 21.5. The van der Waals surface area contributed by atoms with Crippen LogP contribution in [0.4, 0.5) is 5.82 Å². The number of H-pyrrole nitrogens is 1. The van der Waals surface area contributed by atoms with Crippen LogP contribution >= 0.6 is 0 Å². The van der Waals surface area contributed by atoms with Crippen molar-refractivity contribution < 1.29 is 14.3 Å². The number of carbonyl (C=O) groups excluding carboxylic acids is 1. The Morgan fingerprint density at radius 2 is 2.13 bits per heavy atom. The fraction of sp³-hybridized carbons (Fsp3) is 0.455. The molecule has 4 heterocycles. The molecule has 2 aliphatic rings. The summed E-state index contributed by atoms with van der Waals surface area (Å²) in [6.45, 7) is 3.61. The number of rotatable bonds is 7. The van der Waals surface area contributed by atoms with Crippen molar-refractivity contribution in [2.24, 2.45) is 0 Å².